The molecule has 8 nitrogen and oxygen atoms in total. The molecule has 1 aliphatic carbocycles. The number of halogens is 3. The average Bonchev–Trinajstić information content (AvgIpc) is 3.43. The van der Waals surface area contributed by atoms with Gasteiger partial charge in [-0.3, -0.25) is 4.79 Å². The van der Waals surface area contributed by atoms with Gasteiger partial charge in [-0.15, -0.1) is 8.78 Å². The van der Waals surface area contributed by atoms with Crippen molar-refractivity contribution >= 4 is 22.5 Å². The Kier molecular flexibility index (Phi) is 6.37. The second-order valence-corrected chi connectivity index (χ2v) is 12.2. The fourth-order valence-electron chi connectivity index (χ4n) is 6.05. The molecule has 3 aliphatic rings. The van der Waals surface area contributed by atoms with Gasteiger partial charge in [-0.25, -0.2) is 4.39 Å². The summed E-state index contributed by atoms with van der Waals surface area (Å²) in [6, 6.07) is 8.81. The lowest BCUT2D eigenvalue weighted by Crippen LogP contribution is -2.32. The molecule has 41 heavy (non-hydrogen) atoms. The summed E-state index contributed by atoms with van der Waals surface area (Å²) >= 11 is 0. The highest BCUT2D eigenvalue weighted by atomic mass is 19.3. The third-order valence-electron chi connectivity index (χ3n) is 8.24. The van der Waals surface area contributed by atoms with Gasteiger partial charge < -0.3 is 33.9 Å². The molecule has 0 bridgehead atoms. The van der Waals surface area contributed by atoms with Gasteiger partial charge in [-0.2, -0.15) is 0 Å². The number of aromatic nitrogens is 1. The Morgan fingerprint density at radius 1 is 1.12 bits per heavy atom. The van der Waals surface area contributed by atoms with E-state index in [0.717, 1.165) is 5.69 Å². The number of ether oxygens (including phenoxy) is 4. The molecule has 11 heteroatoms. The second-order valence-electron chi connectivity index (χ2n) is 12.2. The van der Waals surface area contributed by atoms with E-state index in [2.05, 4.69) is 14.8 Å². The summed E-state index contributed by atoms with van der Waals surface area (Å²) in [7, 11) is 0. The molecule has 1 saturated heterocycles. The Balaban J connectivity index is 1.42. The lowest BCUT2D eigenvalue weighted by atomic mass is 9.84. The third-order valence-corrected chi connectivity index (χ3v) is 8.24. The van der Waals surface area contributed by atoms with Crippen molar-refractivity contribution in [3.8, 4) is 11.5 Å². The molecule has 2 fully saturated rings. The van der Waals surface area contributed by atoms with Crippen LogP contribution in [-0.4, -0.2) is 47.0 Å². The largest absolute Gasteiger partial charge is 0.586 e. The van der Waals surface area contributed by atoms with Crippen LogP contribution in [0.3, 0.4) is 0 Å². The third kappa shape index (κ3) is 4.93. The minimum absolute atomic E-state index is 0.0885. The normalized spacial score (nSPS) is 21.8. The zero-order chi connectivity index (χ0) is 29.4. The molecule has 2 N–H and O–H groups in total. The predicted octanol–water partition coefficient (Wildman–Crippen LogP) is 5.58. The summed E-state index contributed by atoms with van der Waals surface area (Å²) in [5, 5.41) is 13.7. The fourth-order valence-corrected chi connectivity index (χ4v) is 6.05. The monoisotopic (exact) mass is 574 g/mol. The highest BCUT2D eigenvalue weighted by molar-refractivity contribution is 6.08. The van der Waals surface area contributed by atoms with Gasteiger partial charge in [0.2, 0.25) is 5.91 Å². The summed E-state index contributed by atoms with van der Waals surface area (Å²) < 4.78 is 64.8. The Labute approximate surface area is 235 Å². The standard InChI is InChI=1S/C30H33F3N2O6/c1-27(2,11-12-36)25-24(20-7-6-18(31)14-21(20)35(25)15-19-16-38-28(3,4)39-19)34-26(37)29(9-10-29)17-5-8-22-23(13-17)41-30(32,33)40-22/h5-8,13-14,19,36H,9-12,15-16H2,1-4H3,(H,34,37)/t19-/m1/s1. The van der Waals surface area contributed by atoms with Crippen LogP contribution in [0, 0.1) is 5.82 Å². The van der Waals surface area contributed by atoms with Crippen molar-refractivity contribution in [2.75, 3.05) is 18.5 Å². The van der Waals surface area contributed by atoms with Gasteiger partial charge in [0.25, 0.3) is 0 Å². The molecule has 2 aliphatic heterocycles. The molecule has 1 atom stereocenters. The maximum absolute atomic E-state index is 14.6. The smallest absolute Gasteiger partial charge is 0.396 e. The molecule has 2 aromatic carbocycles. The summed E-state index contributed by atoms with van der Waals surface area (Å²) in [4.78, 5) is 14.0. The molecule has 1 amide bonds. The Morgan fingerprint density at radius 3 is 2.51 bits per heavy atom. The van der Waals surface area contributed by atoms with Crippen molar-refractivity contribution in [2.45, 2.75) is 82.5 Å². The Morgan fingerprint density at radius 2 is 1.85 bits per heavy atom. The van der Waals surface area contributed by atoms with E-state index in [1.807, 2.05) is 32.3 Å². The lowest BCUT2D eigenvalue weighted by molar-refractivity contribution is -0.286. The number of hydrogen-bond donors (Lipinski definition) is 2. The molecule has 220 valence electrons. The quantitative estimate of drug-likeness (QED) is 0.365. The van der Waals surface area contributed by atoms with E-state index in [4.69, 9.17) is 9.47 Å². The number of amides is 1. The summed E-state index contributed by atoms with van der Waals surface area (Å²) in [5.74, 6) is -1.71. The first-order valence-corrected chi connectivity index (χ1v) is 13.7. The van der Waals surface area contributed by atoms with Crippen molar-refractivity contribution in [1.29, 1.82) is 0 Å². The van der Waals surface area contributed by atoms with E-state index in [9.17, 15) is 23.1 Å². The fraction of sp³-hybridized carbons (Fsp3) is 0.500. The number of aliphatic hydroxyl groups is 1. The number of aliphatic hydroxyl groups excluding tert-OH is 1. The minimum Gasteiger partial charge on any atom is -0.396 e. The van der Waals surface area contributed by atoms with Crippen LogP contribution >= 0.6 is 0 Å². The SMILES string of the molecule is CC1(C)OC[C@@H](Cn2c(C(C)(C)CCO)c(NC(=O)C3(c4ccc5c(c4)OC(F)(F)O5)CC3)c3ccc(F)cc32)O1. The minimum atomic E-state index is -3.76. The van der Waals surface area contributed by atoms with Crippen LogP contribution in [0.1, 0.15) is 58.2 Å². The average molecular weight is 575 g/mol. The first kappa shape index (κ1) is 27.9. The number of alkyl halides is 2. The highest BCUT2D eigenvalue weighted by Gasteiger charge is 2.53. The van der Waals surface area contributed by atoms with Crippen LogP contribution in [0.5, 0.6) is 11.5 Å². The Bertz CT molecular complexity index is 1530. The van der Waals surface area contributed by atoms with Crippen molar-refractivity contribution in [3.63, 3.8) is 0 Å². The van der Waals surface area contributed by atoms with Crippen LogP contribution in [0.25, 0.3) is 10.9 Å². The van der Waals surface area contributed by atoms with Crippen LogP contribution in [0.15, 0.2) is 36.4 Å². The van der Waals surface area contributed by atoms with Crippen LogP contribution in [-0.2, 0) is 31.6 Å². The van der Waals surface area contributed by atoms with Gasteiger partial charge in [0.15, 0.2) is 17.3 Å². The maximum Gasteiger partial charge on any atom is 0.586 e. The number of nitrogens with zero attached hydrogens (tertiary/aromatic N) is 1. The zero-order valence-corrected chi connectivity index (χ0v) is 23.4. The van der Waals surface area contributed by atoms with Gasteiger partial charge in [-0.05, 0) is 69.0 Å². The van der Waals surface area contributed by atoms with E-state index >= 15 is 0 Å². The zero-order valence-electron chi connectivity index (χ0n) is 23.4. The summed E-state index contributed by atoms with van der Waals surface area (Å²) in [5.41, 5.74) is 0.762. The topological polar surface area (TPSA) is 91.2 Å². The van der Waals surface area contributed by atoms with E-state index < -0.39 is 28.7 Å². The maximum atomic E-state index is 14.6. The molecule has 3 aromatic rings. The van der Waals surface area contributed by atoms with Gasteiger partial charge in [-0.1, -0.05) is 19.9 Å². The second kappa shape index (κ2) is 9.37. The van der Waals surface area contributed by atoms with E-state index in [-0.39, 0.29) is 30.1 Å². The number of benzene rings is 2. The van der Waals surface area contributed by atoms with Crippen LogP contribution < -0.4 is 14.8 Å². The highest BCUT2D eigenvalue weighted by Crippen LogP contribution is 2.53. The molecule has 0 spiro atoms. The number of carbonyl (C=O) groups excluding carboxylic acids is 1. The van der Waals surface area contributed by atoms with Crippen molar-refractivity contribution < 1.29 is 42.0 Å². The first-order chi connectivity index (χ1) is 19.2. The lowest BCUT2D eigenvalue weighted by Gasteiger charge is -2.29. The predicted molar refractivity (Wildman–Crippen MR) is 144 cm³/mol. The van der Waals surface area contributed by atoms with E-state index in [1.54, 1.807) is 12.1 Å². The summed E-state index contributed by atoms with van der Waals surface area (Å²) in [6.07, 6.45) is -2.67. The Hall–Kier alpha value is -3.28. The van der Waals surface area contributed by atoms with Crippen LogP contribution in [0.2, 0.25) is 0 Å². The molecule has 3 heterocycles. The van der Waals surface area contributed by atoms with E-state index in [0.29, 0.717) is 54.6 Å². The number of anilines is 1. The number of carbonyl (C=O) groups is 1. The van der Waals surface area contributed by atoms with Gasteiger partial charge in [0.05, 0.1) is 29.8 Å². The summed E-state index contributed by atoms with van der Waals surface area (Å²) in [6.45, 7) is 8.16. The van der Waals surface area contributed by atoms with Crippen molar-refractivity contribution in [3.05, 3.63) is 53.5 Å². The first-order valence-electron chi connectivity index (χ1n) is 13.7. The van der Waals surface area contributed by atoms with Gasteiger partial charge >= 0.3 is 6.29 Å². The van der Waals surface area contributed by atoms with E-state index in [1.165, 1.54) is 24.3 Å². The van der Waals surface area contributed by atoms with Gasteiger partial charge in [0.1, 0.15) is 11.9 Å². The number of rotatable bonds is 8. The molecule has 0 unspecified atom stereocenters. The molecule has 1 aromatic heterocycles. The molecular formula is C30H33F3N2O6. The number of hydrogen-bond acceptors (Lipinski definition) is 6. The van der Waals surface area contributed by atoms with Gasteiger partial charge in [0, 0.05) is 23.1 Å². The molecule has 0 radical (unpaired) electrons. The van der Waals surface area contributed by atoms with Crippen LogP contribution in [0.4, 0.5) is 18.9 Å². The number of fused-ring (bicyclic) bond motifs is 2. The van der Waals surface area contributed by atoms with Crippen molar-refractivity contribution in [1.82, 2.24) is 4.57 Å². The molecule has 1 saturated carbocycles. The molecular weight excluding hydrogens is 541 g/mol. The number of nitrogens with one attached hydrogen (secondary N) is 1. The van der Waals surface area contributed by atoms with Crippen molar-refractivity contribution in [2.24, 2.45) is 0 Å². The molecule has 6 rings (SSSR count).